The van der Waals surface area contributed by atoms with E-state index >= 15 is 0 Å². The van der Waals surface area contributed by atoms with E-state index in [1.54, 1.807) is 0 Å². The predicted octanol–water partition coefficient (Wildman–Crippen LogP) is 5.88. The summed E-state index contributed by atoms with van der Waals surface area (Å²) in [5.74, 6) is 0. The molecule has 0 amide bonds. The van der Waals surface area contributed by atoms with Gasteiger partial charge in [-0.25, -0.2) is 0 Å². The lowest BCUT2D eigenvalue weighted by molar-refractivity contribution is -0.384. The molecular formula is C12H5Cl4NO2. The van der Waals surface area contributed by atoms with E-state index in [4.69, 9.17) is 46.4 Å². The highest BCUT2D eigenvalue weighted by atomic mass is 35.5. The van der Waals surface area contributed by atoms with Gasteiger partial charge in [-0.2, -0.15) is 0 Å². The lowest BCUT2D eigenvalue weighted by atomic mass is 10.0. The molecule has 0 saturated carbocycles. The molecule has 0 heterocycles. The Labute approximate surface area is 128 Å². The molecule has 2 aromatic carbocycles. The molecular weight excluding hydrogens is 332 g/mol. The van der Waals surface area contributed by atoms with Gasteiger partial charge in [0.15, 0.2) is 0 Å². The first-order chi connectivity index (χ1) is 8.90. The van der Waals surface area contributed by atoms with E-state index in [9.17, 15) is 10.1 Å². The quantitative estimate of drug-likeness (QED) is 0.390. The minimum Gasteiger partial charge on any atom is -0.258 e. The van der Waals surface area contributed by atoms with E-state index < -0.39 is 4.92 Å². The van der Waals surface area contributed by atoms with E-state index in [0.717, 1.165) is 0 Å². The van der Waals surface area contributed by atoms with Crippen molar-refractivity contribution in [1.82, 2.24) is 0 Å². The normalized spacial score (nSPS) is 10.5. The van der Waals surface area contributed by atoms with Gasteiger partial charge in [0.25, 0.3) is 5.69 Å². The maximum absolute atomic E-state index is 11.1. The summed E-state index contributed by atoms with van der Waals surface area (Å²) >= 11 is 23.6. The van der Waals surface area contributed by atoms with Crippen LogP contribution in [0.2, 0.25) is 20.1 Å². The Morgan fingerprint density at radius 1 is 0.895 bits per heavy atom. The predicted molar refractivity (Wildman–Crippen MR) is 78.6 cm³/mol. The molecule has 0 aromatic heterocycles. The zero-order valence-electron chi connectivity index (χ0n) is 9.16. The first kappa shape index (κ1) is 14.4. The van der Waals surface area contributed by atoms with E-state index in [2.05, 4.69) is 0 Å². The third-order valence-electron chi connectivity index (χ3n) is 2.44. The van der Waals surface area contributed by atoms with Gasteiger partial charge < -0.3 is 0 Å². The van der Waals surface area contributed by atoms with Gasteiger partial charge in [-0.05, 0) is 24.3 Å². The summed E-state index contributed by atoms with van der Waals surface area (Å²) in [6, 6.07) is 7.29. The van der Waals surface area contributed by atoms with Gasteiger partial charge in [-0.15, -0.1) is 0 Å². The van der Waals surface area contributed by atoms with Crippen molar-refractivity contribution < 1.29 is 4.92 Å². The smallest absolute Gasteiger partial charge is 0.258 e. The van der Waals surface area contributed by atoms with E-state index in [-0.39, 0.29) is 20.8 Å². The van der Waals surface area contributed by atoms with Crippen LogP contribution in [-0.4, -0.2) is 4.92 Å². The van der Waals surface area contributed by atoms with Gasteiger partial charge in [0, 0.05) is 21.7 Å². The summed E-state index contributed by atoms with van der Waals surface area (Å²) in [5, 5.41) is 12.1. The SMILES string of the molecule is O=[N+]([O-])c1cc(Cl)ccc1-c1cc(Cl)cc(Cl)c1Cl. The lowest BCUT2D eigenvalue weighted by Crippen LogP contribution is -1.93. The third-order valence-corrected chi connectivity index (χ3v) is 3.69. The van der Waals surface area contributed by atoms with Crippen molar-refractivity contribution in [3.63, 3.8) is 0 Å². The summed E-state index contributed by atoms with van der Waals surface area (Å²) in [7, 11) is 0. The Hall–Kier alpha value is -1.000. The second kappa shape index (κ2) is 5.55. The van der Waals surface area contributed by atoms with Crippen LogP contribution in [0.1, 0.15) is 0 Å². The molecule has 19 heavy (non-hydrogen) atoms. The zero-order valence-corrected chi connectivity index (χ0v) is 12.2. The highest BCUT2D eigenvalue weighted by Crippen LogP contribution is 2.40. The summed E-state index contributed by atoms with van der Waals surface area (Å²) in [6.45, 7) is 0. The molecule has 0 bridgehead atoms. The van der Waals surface area contributed by atoms with Gasteiger partial charge in [-0.1, -0.05) is 46.4 Å². The zero-order chi connectivity index (χ0) is 14.2. The molecule has 0 unspecified atom stereocenters. The molecule has 7 heteroatoms. The van der Waals surface area contributed by atoms with Crippen molar-refractivity contribution in [3.8, 4) is 11.1 Å². The molecule has 2 aromatic rings. The molecule has 0 saturated heterocycles. The van der Waals surface area contributed by atoms with Crippen molar-refractivity contribution in [2.75, 3.05) is 0 Å². The maximum Gasteiger partial charge on any atom is 0.278 e. The van der Waals surface area contributed by atoms with Crippen molar-refractivity contribution >= 4 is 52.1 Å². The first-order valence-corrected chi connectivity index (χ1v) is 6.50. The first-order valence-electron chi connectivity index (χ1n) is 4.99. The average Bonchev–Trinajstić information content (AvgIpc) is 2.34. The van der Waals surface area contributed by atoms with Gasteiger partial charge in [0.05, 0.1) is 20.5 Å². The second-order valence-electron chi connectivity index (χ2n) is 3.67. The number of nitro groups is 1. The molecule has 0 fully saturated rings. The highest BCUT2D eigenvalue weighted by molar-refractivity contribution is 6.45. The summed E-state index contributed by atoms with van der Waals surface area (Å²) in [4.78, 5) is 10.5. The Morgan fingerprint density at radius 3 is 2.21 bits per heavy atom. The number of benzene rings is 2. The van der Waals surface area contributed by atoms with Crippen molar-refractivity contribution in [3.05, 3.63) is 60.5 Å². The Bertz CT molecular complexity index is 673. The van der Waals surface area contributed by atoms with Crippen LogP contribution in [0.5, 0.6) is 0 Å². The fourth-order valence-corrected chi connectivity index (χ4v) is 2.51. The van der Waals surface area contributed by atoms with Crippen LogP contribution >= 0.6 is 46.4 Å². The van der Waals surface area contributed by atoms with Crippen LogP contribution in [0.3, 0.4) is 0 Å². The van der Waals surface area contributed by atoms with Gasteiger partial charge in [0.1, 0.15) is 0 Å². The summed E-state index contributed by atoms with van der Waals surface area (Å²) < 4.78 is 0. The Morgan fingerprint density at radius 2 is 1.58 bits per heavy atom. The number of hydrogen-bond donors (Lipinski definition) is 0. The van der Waals surface area contributed by atoms with Crippen molar-refractivity contribution in [2.45, 2.75) is 0 Å². The van der Waals surface area contributed by atoms with E-state index in [1.165, 1.54) is 30.3 Å². The molecule has 0 aliphatic carbocycles. The number of hydrogen-bond acceptors (Lipinski definition) is 2. The van der Waals surface area contributed by atoms with Gasteiger partial charge in [0.2, 0.25) is 0 Å². The number of halogens is 4. The van der Waals surface area contributed by atoms with Crippen LogP contribution in [0.15, 0.2) is 30.3 Å². The highest BCUT2D eigenvalue weighted by Gasteiger charge is 2.19. The number of nitro benzene ring substituents is 1. The molecule has 0 spiro atoms. The molecule has 98 valence electrons. The Kier molecular flexibility index (Phi) is 4.21. The molecule has 3 nitrogen and oxygen atoms in total. The maximum atomic E-state index is 11.1. The largest absolute Gasteiger partial charge is 0.278 e. The second-order valence-corrected chi connectivity index (χ2v) is 5.33. The molecule has 2 rings (SSSR count). The lowest BCUT2D eigenvalue weighted by Gasteiger charge is -2.08. The van der Waals surface area contributed by atoms with Crippen LogP contribution < -0.4 is 0 Å². The standard InChI is InChI=1S/C12H5Cl4NO2/c13-6-1-2-8(11(5-6)17(18)19)9-3-7(14)4-10(15)12(9)16/h1-5H. The van der Waals surface area contributed by atoms with Crippen molar-refractivity contribution in [1.29, 1.82) is 0 Å². The topological polar surface area (TPSA) is 43.1 Å². The van der Waals surface area contributed by atoms with Gasteiger partial charge in [-0.3, -0.25) is 10.1 Å². The molecule has 0 radical (unpaired) electrons. The fraction of sp³-hybridized carbons (Fsp3) is 0. The third kappa shape index (κ3) is 2.95. The van der Waals surface area contributed by atoms with Crippen LogP contribution in [0, 0.1) is 10.1 Å². The van der Waals surface area contributed by atoms with Crippen LogP contribution in [-0.2, 0) is 0 Å². The minimum atomic E-state index is -0.535. The van der Waals surface area contributed by atoms with E-state index in [0.29, 0.717) is 16.1 Å². The monoisotopic (exact) mass is 335 g/mol. The summed E-state index contributed by atoms with van der Waals surface area (Å²) in [5.41, 5.74) is 0.541. The fourth-order valence-electron chi connectivity index (χ4n) is 1.64. The molecule has 0 aliphatic heterocycles. The van der Waals surface area contributed by atoms with Gasteiger partial charge >= 0.3 is 0 Å². The number of nitrogens with zero attached hydrogens (tertiary/aromatic N) is 1. The molecule has 0 aliphatic rings. The molecule has 0 N–H and O–H groups in total. The minimum absolute atomic E-state index is 0.160. The van der Waals surface area contributed by atoms with Crippen LogP contribution in [0.4, 0.5) is 5.69 Å². The molecule has 0 atom stereocenters. The van der Waals surface area contributed by atoms with Crippen LogP contribution in [0.25, 0.3) is 11.1 Å². The van der Waals surface area contributed by atoms with E-state index in [1.807, 2.05) is 0 Å². The Balaban J connectivity index is 2.75. The summed E-state index contributed by atoms with van der Waals surface area (Å²) in [6.07, 6.45) is 0. The number of rotatable bonds is 2. The average molecular weight is 337 g/mol. The van der Waals surface area contributed by atoms with Crippen molar-refractivity contribution in [2.24, 2.45) is 0 Å².